The number of para-hydroxylation sites is 1. The number of nitrogens with one attached hydrogen (secondary N) is 1. The van der Waals surface area contributed by atoms with E-state index in [-0.39, 0.29) is 29.1 Å². The van der Waals surface area contributed by atoms with Crippen molar-refractivity contribution in [1.29, 1.82) is 0 Å². The van der Waals surface area contributed by atoms with E-state index in [1.807, 2.05) is 24.3 Å². The van der Waals surface area contributed by atoms with Gasteiger partial charge in [-0.3, -0.25) is 14.6 Å². The number of carbonyl (C=O) groups excluding carboxylic acids is 2. The predicted molar refractivity (Wildman–Crippen MR) is 94.5 cm³/mol. The lowest BCUT2D eigenvalue weighted by molar-refractivity contribution is 0.0882. The number of carbonyl (C=O) groups is 2. The lowest BCUT2D eigenvalue weighted by atomic mass is 9.75. The van der Waals surface area contributed by atoms with Crippen LogP contribution in [0.5, 0.6) is 0 Å². The Bertz CT molecular complexity index is 872. The Labute approximate surface area is 146 Å². The molecule has 25 heavy (non-hydrogen) atoms. The van der Waals surface area contributed by atoms with Crippen molar-refractivity contribution in [1.82, 2.24) is 10.3 Å². The second kappa shape index (κ2) is 5.63. The van der Waals surface area contributed by atoms with Crippen LogP contribution in [0.2, 0.25) is 0 Å². The fraction of sp³-hybridized carbons (Fsp3) is 0.450. The maximum Gasteiger partial charge on any atom is 0.252 e. The number of ketones is 1. The first kappa shape index (κ1) is 16.2. The van der Waals surface area contributed by atoms with Gasteiger partial charge in [-0.1, -0.05) is 24.6 Å². The lowest BCUT2D eigenvalue weighted by Gasteiger charge is -2.32. The number of rotatable bonds is 5. The van der Waals surface area contributed by atoms with Gasteiger partial charge in [0.2, 0.25) is 0 Å². The van der Waals surface area contributed by atoms with Gasteiger partial charge in [0.1, 0.15) is 0 Å². The summed E-state index contributed by atoms with van der Waals surface area (Å²) in [6.45, 7) is 2.00. The first-order chi connectivity index (χ1) is 12.0. The normalized spacial score (nSPS) is 23.3. The molecule has 2 N–H and O–H groups in total. The molecule has 2 saturated carbocycles. The van der Waals surface area contributed by atoms with Gasteiger partial charge in [0.15, 0.2) is 5.78 Å². The van der Waals surface area contributed by atoms with Crippen LogP contribution in [-0.4, -0.2) is 34.9 Å². The van der Waals surface area contributed by atoms with E-state index in [0.717, 1.165) is 19.3 Å². The minimum absolute atomic E-state index is 0.101. The molecule has 5 heteroatoms. The van der Waals surface area contributed by atoms with Crippen LogP contribution < -0.4 is 5.32 Å². The summed E-state index contributed by atoms with van der Waals surface area (Å²) in [6, 6.07) is 7.34. The number of hydrogen-bond acceptors (Lipinski definition) is 4. The van der Waals surface area contributed by atoms with Gasteiger partial charge in [-0.05, 0) is 37.7 Å². The summed E-state index contributed by atoms with van der Waals surface area (Å²) in [5, 5.41) is 13.5. The van der Waals surface area contributed by atoms with Gasteiger partial charge in [-0.15, -0.1) is 0 Å². The van der Waals surface area contributed by atoms with E-state index in [0.29, 0.717) is 28.6 Å². The van der Waals surface area contributed by atoms with Crippen molar-refractivity contribution in [3.8, 4) is 0 Å². The Morgan fingerprint density at radius 3 is 2.64 bits per heavy atom. The van der Waals surface area contributed by atoms with Crippen LogP contribution in [0.4, 0.5) is 0 Å². The van der Waals surface area contributed by atoms with Crippen molar-refractivity contribution in [2.75, 3.05) is 13.2 Å². The van der Waals surface area contributed by atoms with Crippen molar-refractivity contribution in [3.63, 3.8) is 0 Å². The minimum Gasteiger partial charge on any atom is -0.396 e. The highest BCUT2D eigenvalue weighted by atomic mass is 16.3. The first-order valence-electron chi connectivity index (χ1n) is 8.80. The number of amides is 1. The van der Waals surface area contributed by atoms with Crippen molar-refractivity contribution in [2.24, 2.45) is 10.8 Å². The number of Topliss-reactive ketones (excluding diaryl/α,β-unsaturated/α-hetero) is 1. The molecule has 2 aromatic rings. The maximum absolute atomic E-state index is 12.9. The van der Waals surface area contributed by atoms with Gasteiger partial charge < -0.3 is 10.4 Å². The number of aliphatic hydroxyl groups excluding tert-OH is 1. The summed E-state index contributed by atoms with van der Waals surface area (Å²) in [7, 11) is 0. The summed E-state index contributed by atoms with van der Waals surface area (Å²) in [4.78, 5) is 29.2. The summed E-state index contributed by atoms with van der Waals surface area (Å²) in [5.41, 5.74) is 1.47. The molecule has 0 saturated heterocycles. The topological polar surface area (TPSA) is 79.3 Å². The van der Waals surface area contributed by atoms with Gasteiger partial charge in [-0.2, -0.15) is 0 Å². The van der Waals surface area contributed by atoms with Gasteiger partial charge >= 0.3 is 0 Å². The highest BCUT2D eigenvalue weighted by Gasteiger charge is 2.68. The molecule has 2 fully saturated rings. The van der Waals surface area contributed by atoms with Crippen LogP contribution in [0.1, 0.15) is 53.3 Å². The standard InChI is InChI=1S/C20H22N2O3/c1-13(24)15-9-21-16-6-3-2-5-14(16)17(15)18(25)22-11-20(12-23)10-19(20)7-4-8-19/h2-3,5-6,9,23H,4,7-8,10-12H2,1H3,(H,22,25). The summed E-state index contributed by atoms with van der Waals surface area (Å²) in [6.07, 6.45) is 5.94. The first-order valence-corrected chi connectivity index (χ1v) is 8.80. The molecule has 1 amide bonds. The molecular weight excluding hydrogens is 316 g/mol. The zero-order valence-electron chi connectivity index (χ0n) is 14.3. The fourth-order valence-corrected chi connectivity index (χ4v) is 4.43. The van der Waals surface area contributed by atoms with E-state index in [1.165, 1.54) is 19.5 Å². The average Bonchev–Trinajstić information content (AvgIpc) is 3.29. The third-order valence-electron chi connectivity index (χ3n) is 6.26. The Morgan fingerprint density at radius 1 is 1.28 bits per heavy atom. The van der Waals surface area contributed by atoms with Gasteiger partial charge in [-0.25, -0.2) is 0 Å². The van der Waals surface area contributed by atoms with Crippen molar-refractivity contribution >= 4 is 22.6 Å². The number of fused-ring (bicyclic) bond motifs is 1. The largest absolute Gasteiger partial charge is 0.396 e. The molecule has 4 rings (SSSR count). The summed E-state index contributed by atoms with van der Waals surface area (Å²) < 4.78 is 0. The van der Waals surface area contributed by atoms with Gasteiger partial charge in [0.25, 0.3) is 5.91 Å². The number of hydrogen-bond donors (Lipinski definition) is 2. The van der Waals surface area contributed by atoms with Crippen molar-refractivity contribution in [2.45, 2.75) is 32.6 Å². The van der Waals surface area contributed by atoms with Crippen molar-refractivity contribution < 1.29 is 14.7 Å². The molecule has 2 aliphatic rings. The Morgan fingerprint density at radius 2 is 2.04 bits per heavy atom. The molecular formula is C20H22N2O3. The van der Waals surface area contributed by atoms with E-state index in [1.54, 1.807) is 0 Å². The van der Waals surface area contributed by atoms with Crippen LogP contribution >= 0.6 is 0 Å². The fourth-order valence-electron chi connectivity index (χ4n) is 4.43. The molecule has 1 aromatic carbocycles. The Balaban J connectivity index is 1.63. The highest BCUT2D eigenvalue weighted by Crippen LogP contribution is 2.73. The molecule has 0 bridgehead atoms. The van der Waals surface area contributed by atoms with Crippen LogP contribution in [0.25, 0.3) is 10.9 Å². The summed E-state index contributed by atoms with van der Waals surface area (Å²) in [5.74, 6) is -0.444. The Kier molecular flexibility index (Phi) is 3.65. The zero-order valence-corrected chi connectivity index (χ0v) is 14.3. The third-order valence-corrected chi connectivity index (χ3v) is 6.26. The van der Waals surface area contributed by atoms with E-state index in [9.17, 15) is 14.7 Å². The molecule has 2 aliphatic carbocycles. The van der Waals surface area contributed by atoms with Crippen LogP contribution in [0.3, 0.4) is 0 Å². The molecule has 1 aromatic heterocycles. The van der Waals surface area contributed by atoms with Crippen LogP contribution in [0, 0.1) is 10.8 Å². The number of nitrogens with zero attached hydrogens (tertiary/aromatic N) is 1. The number of aliphatic hydroxyl groups is 1. The molecule has 0 radical (unpaired) electrons. The van der Waals surface area contributed by atoms with Crippen molar-refractivity contribution in [3.05, 3.63) is 41.6 Å². The molecule has 1 spiro atoms. The van der Waals surface area contributed by atoms with Gasteiger partial charge in [0.05, 0.1) is 17.7 Å². The second-order valence-electron chi connectivity index (χ2n) is 7.55. The average molecular weight is 338 g/mol. The van der Waals surface area contributed by atoms with E-state index >= 15 is 0 Å². The van der Waals surface area contributed by atoms with Crippen LogP contribution in [-0.2, 0) is 0 Å². The van der Waals surface area contributed by atoms with Crippen LogP contribution in [0.15, 0.2) is 30.5 Å². The quantitative estimate of drug-likeness (QED) is 0.822. The molecule has 1 atom stereocenters. The second-order valence-corrected chi connectivity index (χ2v) is 7.55. The highest BCUT2D eigenvalue weighted by molar-refractivity contribution is 6.14. The van der Waals surface area contributed by atoms with Gasteiger partial charge in [0, 0.05) is 29.1 Å². The van der Waals surface area contributed by atoms with E-state index < -0.39 is 0 Å². The molecule has 5 nitrogen and oxygen atoms in total. The summed E-state index contributed by atoms with van der Waals surface area (Å²) >= 11 is 0. The number of aromatic nitrogens is 1. The van der Waals surface area contributed by atoms with E-state index in [2.05, 4.69) is 10.3 Å². The van der Waals surface area contributed by atoms with E-state index in [4.69, 9.17) is 0 Å². The SMILES string of the molecule is CC(=O)c1cnc2ccccc2c1C(=O)NCC1(CO)CC12CCC2. The lowest BCUT2D eigenvalue weighted by Crippen LogP contribution is -2.37. The Hall–Kier alpha value is -2.27. The molecule has 0 aliphatic heterocycles. The monoisotopic (exact) mass is 338 g/mol. The number of pyridine rings is 1. The smallest absolute Gasteiger partial charge is 0.252 e. The third kappa shape index (κ3) is 2.37. The minimum atomic E-state index is -0.266. The molecule has 1 heterocycles. The maximum atomic E-state index is 12.9. The zero-order chi connectivity index (χ0) is 17.7. The molecule has 1 unspecified atom stereocenters. The number of benzene rings is 1. The molecule has 130 valence electrons. The predicted octanol–water partition coefficient (Wildman–Crippen LogP) is 2.72.